The Labute approximate surface area is 246 Å². The van der Waals surface area contributed by atoms with Crippen molar-refractivity contribution in [2.24, 2.45) is 12.5 Å². The van der Waals surface area contributed by atoms with Crippen LogP contribution < -0.4 is 15.8 Å². The smallest absolute Gasteiger partial charge is 0.274 e. The van der Waals surface area contributed by atoms with Gasteiger partial charge in [0.25, 0.3) is 5.56 Å². The van der Waals surface area contributed by atoms with Crippen molar-refractivity contribution in [2.45, 2.75) is 65.9 Å². The monoisotopic (exact) mass is 568 g/mol. The van der Waals surface area contributed by atoms with Gasteiger partial charge in [0, 0.05) is 73.7 Å². The maximum Gasteiger partial charge on any atom is 0.274 e. The normalized spacial score (nSPS) is 19.5. The zero-order valence-electron chi connectivity index (χ0n) is 25.2. The second-order valence-electron chi connectivity index (χ2n) is 13.0. The van der Waals surface area contributed by atoms with Crippen molar-refractivity contribution >= 4 is 17.3 Å². The molecule has 2 N–H and O–H groups in total. The van der Waals surface area contributed by atoms with Gasteiger partial charge in [0.15, 0.2) is 5.82 Å². The summed E-state index contributed by atoms with van der Waals surface area (Å²) in [7, 11) is 3.87. The summed E-state index contributed by atoms with van der Waals surface area (Å²) in [6.45, 7) is 11.0. The molecule has 220 valence electrons. The number of likely N-dealkylation sites (N-methyl/N-ethyl adjacent to an activating group) is 1. The van der Waals surface area contributed by atoms with Crippen molar-refractivity contribution in [3.05, 3.63) is 75.2 Å². The highest BCUT2D eigenvalue weighted by molar-refractivity contribution is 5.75. The first kappa shape index (κ1) is 27.0. The van der Waals surface area contributed by atoms with Gasteiger partial charge in [-0.3, -0.25) is 14.4 Å². The molecule has 0 aromatic carbocycles. The van der Waals surface area contributed by atoms with Crippen molar-refractivity contribution in [2.75, 3.05) is 30.4 Å². The van der Waals surface area contributed by atoms with Crippen molar-refractivity contribution in [3.8, 4) is 11.1 Å². The Kier molecular flexibility index (Phi) is 6.32. The lowest BCUT2D eigenvalue weighted by atomic mass is 9.90. The Morgan fingerprint density at radius 3 is 2.74 bits per heavy atom. The summed E-state index contributed by atoms with van der Waals surface area (Å²) in [4.78, 5) is 22.5. The minimum atomic E-state index is -0.147. The van der Waals surface area contributed by atoms with Crippen LogP contribution in [0.4, 0.5) is 17.3 Å². The Bertz CT molecular complexity index is 1750. The first-order valence-electron chi connectivity index (χ1n) is 14.9. The van der Waals surface area contributed by atoms with Gasteiger partial charge >= 0.3 is 0 Å². The number of nitrogens with zero attached hydrogens (tertiary/aromatic N) is 7. The second-order valence-corrected chi connectivity index (χ2v) is 13.0. The molecule has 0 saturated carbocycles. The van der Waals surface area contributed by atoms with E-state index < -0.39 is 0 Å². The van der Waals surface area contributed by atoms with E-state index in [1.54, 1.807) is 17.8 Å². The molecule has 0 fully saturated rings. The predicted molar refractivity (Wildman–Crippen MR) is 164 cm³/mol. The fourth-order valence-electron chi connectivity index (χ4n) is 7.13. The van der Waals surface area contributed by atoms with Crippen LogP contribution in [-0.2, 0) is 46.1 Å². The Hall–Kier alpha value is -3.89. The van der Waals surface area contributed by atoms with E-state index in [1.807, 2.05) is 29.1 Å². The molecule has 4 aromatic rings. The number of aliphatic hydroxyl groups is 1. The molecular weight excluding hydrogens is 528 g/mol. The maximum absolute atomic E-state index is 13.2. The summed E-state index contributed by atoms with van der Waals surface area (Å²) in [5.41, 5.74) is 8.53. The summed E-state index contributed by atoms with van der Waals surface area (Å²) in [5, 5.41) is 18.7. The van der Waals surface area contributed by atoms with Crippen LogP contribution in [0.15, 0.2) is 41.5 Å². The number of hydrogen-bond acceptors (Lipinski definition) is 7. The molecular formula is C32H40N8O2. The number of pyridine rings is 2. The number of aryl methyl sites for hydroxylation is 1. The summed E-state index contributed by atoms with van der Waals surface area (Å²) < 4.78 is 6.10. The quantitative estimate of drug-likeness (QED) is 0.378. The Morgan fingerprint density at radius 2 is 1.93 bits per heavy atom. The molecule has 1 aliphatic carbocycles. The summed E-state index contributed by atoms with van der Waals surface area (Å²) >= 11 is 0. The van der Waals surface area contributed by atoms with E-state index in [4.69, 9.17) is 10.1 Å². The van der Waals surface area contributed by atoms with Crippen molar-refractivity contribution < 1.29 is 5.11 Å². The van der Waals surface area contributed by atoms with E-state index in [9.17, 15) is 9.90 Å². The average Bonchev–Trinajstić information content (AvgIpc) is 3.61. The number of aromatic nitrogens is 5. The number of anilines is 3. The molecule has 42 heavy (non-hydrogen) atoms. The van der Waals surface area contributed by atoms with Gasteiger partial charge in [0.1, 0.15) is 11.5 Å². The first-order valence-corrected chi connectivity index (χ1v) is 14.9. The van der Waals surface area contributed by atoms with Gasteiger partial charge in [-0.1, -0.05) is 13.8 Å². The lowest BCUT2D eigenvalue weighted by Crippen LogP contribution is -2.35. The van der Waals surface area contributed by atoms with Crippen LogP contribution in [0.5, 0.6) is 0 Å². The topological polar surface area (TPSA) is 96.4 Å². The minimum Gasteiger partial charge on any atom is -0.392 e. The predicted octanol–water partition coefficient (Wildman–Crippen LogP) is 3.83. The van der Waals surface area contributed by atoms with Crippen LogP contribution >= 0.6 is 0 Å². The summed E-state index contributed by atoms with van der Waals surface area (Å²) in [5.74, 6) is 1.46. The molecule has 4 aromatic heterocycles. The lowest BCUT2D eigenvalue weighted by Gasteiger charge is -2.32. The molecule has 0 amide bonds. The fraction of sp³-hybridized carbons (Fsp3) is 0.469. The van der Waals surface area contributed by atoms with Crippen LogP contribution in [0.3, 0.4) is 0 Å². The van der Waals surface area contributed by atoms with Crippen LogP contribution in [-0.4, -0.2) is 54.0 Å². The number of fused-ring (bicyclic) bond motifs is 4. The van der Waals surface area contributed by atoms with E-state index in [1.165, 1.54) is 17.0 Å². The second kappa shape index (κ2) is 9.84. The number of hydrogen-bond donors (Lipinski definition) is 2. The lowest BCUT2D eigenvalue weighted by molar-refractivity contribution is 0.203. The van der Waals surface area contributed by atoms with Gasteiger partial charge in [0.05, 0.1) is 25.4 Å². The molecule has 0 saturated heterocycles. The third-order valence-electron chi connectivity index (χ3n) is 9.46. The fourth-order valence-corrected chi connectivity index (χ4v) is 7.13. The van der Waals surface area contributed by atoms with Crippen molar-refractivity contribution in [3.63, 3.8) is 0 Å². The van der Waals surface area contributed by atoms with E-state index >= 15 is 0 Å². The standard InChI is InChI=1S/C32H40N8O2/c1-20-27-14-29(35-40(27)11-8-36(20)4)34-26-13-22(17-37(5)31(26)42)24-6-7-33-30(25(24)19-41)38-9-10-39-23(18-38)12-21-15-32(2,3)16-28(21)39/h6-7,12-14,17,20,41H,8-11,15-16,18-19H2,1-5H3,(H,34,35). The molecule has 0 radical (unpaired) electrons. The molecule has 6 heterocycles. The molecule has 1 unspecified atom stereocenters. The third-order valence-corrected chi connectivity index (χ3v) is 9.46. The minimum absolute atomic E-state index is 0.136. The number of rotatable bonds is 5. The SMILES string of the molecule is CC1c2cc(Nc3cc(-c4ccnc(N5CCn6c(cc7c6CC(C)(C)C7)C5)c4CO)cn(C)c3=O)nn2CCN1C. The van der Waals surface area contributed by atoms with Crippen LogP contribution in [0.1, 0.15) is 55.0 Å². The molecule has 3 aliphatic rings. The largest absolute Gasteiger partial charge is 0.392 e. The van der Waals surface area contributed by atoms with Crippen LogP contribution in [0.25, 0.3) is 11.1 Å². The molecule has 0 spiro atoms. The highest BCUT2D eigenvalue weighted by Crippen LogP contribution is 2.40. The average molecular weight is 569 g/mol. The van der Waals surface area contributed by atoms with Gasteiger partial charge in [-0.05, 0) is 61.6 Å². The van der Waals surface area contributed by atoms with Gasteiger partial charge in [-0.15, -0.1) is 0 Å². The van der Waals surface area contributed by atoms with Gasteiger partial charge < -0.3 is 24.5 Å². The summed E-state index contributed by atoms with van der Waals surface area (Å²) in [6.07, 6.45) is 5.88. The molecule has 0 bridgehead atoms. The van der Waals surface area contributed by atoms with Gasteiger partial charge in [0.2, 0.25) is 0 Å². The molecule has 1 atom stereocenters. The molecule has 2 aliphatic heterocycles. The van der Waals surface area contributed by atoms with E-state index in [0.29, 0.717) is 16.9 Å². The molecule has 10 heteroatoms. The van der Waals surface area contributed by atoms with Crippen molar-refractivity contribution in [1.29, 1.82) is 0 Å². The zero-order valence-corrected chi connectivity index (χ0v) is 25.2. The highest BCUT2D eigenvalue weighted by Gasteiger charge is 2.34. The summed E-state index contributed by atoms with van der Waals surface area (Å²) in [6, 6.07) is 8.44. The third kappa shape index (κ3) is 4.44. The van der Waals surface area contributed by atoms with Crippen molar-refractivity contribution in [1.82, 2.24) is 28.8 Å². The molecule has 10 nitrogen and oxygen atoms in total. The van der Waals surface area contributed by atoms with E-state index in [2.05, 4.69) is 53.6 Å². The highest BCUT2D eigenvalue weighted by atomic mass is 16.3. The van der Waals surface area contributed by atoms with E-state index in [-0.39, 0.29) is 18.2 Å². The van der Waals surface area contributed by atoms with Gasteiger partial charge in [-0.2, -0.15) is 5.10 Å². The Balaban J connectivity index is 1.20. The molecule has 7 rings (SSSR count). The van der Waals surface area contributed by atoms with Gasteiger partial charge in [-0.25, -0.2) is 4.98 Å². The number of nitrogens with one attached hydrogen (secondary N) is 1. The Morgan fingerprint density at radius 1 is 1.10 bits per heavy atom. The van der Waals surface area contributed by atoms with Crippen LogP contribution in [0, 0.1) is 5.41 Å². The van der Waals surface area contributed by atoms with E-state index in [0.717, 1.165) is 73.8 Å². The zero-order chi connectivity index (χ0) is 29.3. The number of aliphatic hydroxyl groups excluding tert-OH is 1. The maximum atomic E-state index is 13.2. The first-order chi connectivity index (χ1) is 20.1. The van der Waals surface area contributed by atoms with Crippen LogP contribution in [0.2, 0.25) is 0 Å².